The SMILES string of the molecule is CC#COC(N)COCCOCCc1cn[nH]n1. The second-order valence-electron chi connectivity index (χ2n) is 3.41. The Hall–Kier alpha value is -1.62. The summed E-state index contributed by atoms with van der Waals surface area (Å²) in [6, 6.07) is 0. The zero-order valence-electron chi connectivity index (χ0n) is 10.4. The fourth-order valence-electron chi connectivity index (χ4n) is 1.11. The Morgan fingerprint density at radius 2 is 2.22 bits per heavy atom. The molecule has 18 heavy (non-hydrogen) atoms. The van der Waals surface area contributed by atoms with Gasteiger partial charge in [0.1, 0.15) is 6.11 Å². The fraction of sp³-hybridized carbons (Fsp3) is 0.636. The second kappa shape index (κ2) is 9.41. The van der Waals surface area contributed by atoms with Gasteiger partial charge < -0.3 is 14.2 Å². The van der Waals surface area contributed by atoms with Crippen LogP contribution in [0.15, 0.2) is 6.20 Å². The molecule has 3 N–H and O–H groups in total. The predicted octanol–water partition coefficient (Wildman–Crippen LogP) is -0.337. The van der Waals surface area contributed by atoms with Gasteiger partial charge in [0.2, 0.25) is 0 Å². The standard InChI is InChI=1S/C11H18N4O3/c1-2-4-18-11(12)9-17-7-6-16-5-3-10-8-13-15-14-10/h8,11H,3,5-7,9,12H2,1H3,(H,13,14,15). The molecule has 1 aromatic rings. The van der Waals surface area contributed by atoms with Crippen molar-refractivity contribution >= 4 is 0 Å². The van der Waals surface area contributed by atoms with E-state index < -0.39 is 6.23 Å². The van der Waals surface area contributed by atoms with Crippen LogP contribution in [0.4, 0.5) is 0 Å². The summed E-state index contributed by atoms with van der Waals surface area (Å²) in [6.07, 6.45) is 4.30. The van der Waals surface area contributed by atoms with E-state index in [1.165, 1.54) is 0 Å². The molecular formula is C11H18N4O3. The van der Waals surface area contributed by atoms with Gasteiger partial charge in [0.25, 0.3) is 0 Å². The molecule has 0 saturated carbocycles. The molecule has 0 bridgehead atoms. The molecule has 1 atom stereocenters. The van der Waals surface area contributed by atoms with Gasteiger partial charge in [-0.1, -0.05) is 5.92 Å². The molecule has 0 aromatic carbocycles. The van der Waals surface area contributed by atoms with Crippen LogP contribution in [-0.4, -0.2) is 48.1 Å². The lowest BCUT2D eigenvalue weighted by Gasteiger charge is -2.09. The summed E-state index contributed by atoms with van der Waals surface area (Å²) in [5.41, 5.74) is 6.43. The number of nitrogens with one attached hydrogen (secondary N) is 1. The molecule has 7 heteroatoms. The Labute approximate surface area is 106 Å². The largest absolute Gasteiger partial charge is 0.425 e. The number of aromatic amines is 1. The summed E-state index contributed by atoms with van der Waals surface area (Å²) in [5, 5.41) is 10.1. The molecule has 1 rings (SSSR count). The van der Waals surface area contributed by atoms with Gasteiger partial charge >= 0.3 is 0 Å². The Balaban J connectivity index is 1.87. The molecule has 0 radical (unpaired) electrons. The number of ether oxygens (including phenoxy) is 3. The van der Waals surface area contributed by atoms with Gasteiger partial charge in [-0.05, 0) is 0 Å². The molecule has 7 nitrogen and oxygen atoms in total. The van der Waals surface area contributed by atoms with E-state index in [2.05, 4.69) is 27.4 Å². The third-order valence-electron chi connectivity index (χ3n) is 1.93. The predicted molar refractivity (Wildman–Crippen MR) is 64.2 cm³/mol. The Bertz CT molecular complexity index is 358. The van der Waals surface area contributed by atoms with Gasteiger partial charge in [0.15, 0.2) is 6.23 Å². The van der Waals surface area contributed by atoms with Crippen molar-refractivity contribution in [3.8, 4) is 12.0 Å². The second-order valence-corrected chi connectivity index (χ2v) is 3.41. The lowest BCUT2D eigenvalue weighted by atomic mass is 10.3. The van der Waals surface area contributed by atoms with Gasteiger partial charge in [-0.3, -0.25) is 5.73 Å². The molecule has 1 aromatic heterocycles. The van der Waals surface area contributed by atoms with E-state index in [-0.39, 0.29) is 0 Å². The smallest absolute Gasteiger partial charge is 0.183 e. The maximum atomic E-state index is 5.56. The average molecular weight is 254 g/mol. The average Bonchev–Trinajstić information content (AvgIpc) is 2.88. The topological polar surface area (TPSA) is 95.3 Å². The molecule has 0 aliphatic carbocycles. The van der Waals surface area contributed by atoms with Gasteiger partial charge in [-0.25, -0.2) is 0 Å². The minimum atomic E-state index is -0.521. The van der Waals surface area contributed by atoms with Crippen LogP contribution >= 0.6 is 0 Å². The van der Waals surface area contributed by atoms with Crippen molar-refractivity contribution in [2.24, 2.45) is 5.73 Å². The van der Waals surface area contributed by atoms with Crippen LogP contribution in [0.25, 0.3) is 0 Å². The van der Waals surface area contributed by atoms with E-state index in [4.69, 9.17) is 19.9 Å². The molecular weight excluding hydrogens is 236 g/mol. The van der Waals surface area contributed by atoms with E-state index in [0.29, 0.717) is 26.4 Å². The van der Waals surface area contributed by atoms with Crippen molar-refractivity contribution in [1.29, 1.82) is 0 Å². The minimum absolute atomic E-state index is 0.293. The van der Waals surface area contributed by atoms with E-state index in [1.54, 1.807) is 13.1 Å². The van der Waals surface area contributed by atoms with Crippen molar-refractivity contribution in [2.45, 2.75) is 19.6 Å². The fourth-order valence-corrected chi connectivity index (χ4v) is 1.11. The third kappa shape index (κ3) is 6.85. The highest BCUT2D eigenvalue weighted by atomic mass is 16.5. The van der Waals surface area contributed by atoms with E-state index in [0.717, 1.165) is 12.1 Å². The highest BCUT2D eigenvalue weighted by Crippen LogP contribution is 1.91. The molecule has 0 aliphatic rings. The monoisotopic (exact) mass is 254 g/mol. The van der Waals surface area contributed by atoms with Crippen LogP contribution in [-0.2, 0) is 20.6 Å². The number of hydrogen-bond donors (Lipinski definition) is 2. The maximum absolute atomic E-state index is 5.56. The summed E-state index contributed by atoms with van der Waals surface area (Å²) in [7, 11) is 0. The van der Waals surface area contributed by atoms with Gasteiger partial charge in [0, 0.05) is 13.3 Å². The highest BCUT2D eigenvalue weighted by molar-refractivity contribution is 4.89. The number of nitrogens with two attached hydrogens (primary N) is 1. The van der Waals surface area contributed by atoms with Crippen LogP contribution in [0.2, 0.25) is 0 Å². The zero-order chi connectivity index (χ0) is 13.1. The Morgan fingerprint density at radius 1 is 1.39 bits per heavy atom. The van der Waals surface area contributed by atoms with Crippen molar-refractivity contribution < 1.29 is 14.2 Å². The lowest BCUT2D eigenvalue weighted by molar-refractivity contribution is 0.00606. The normalized spacial score (nSPS) is 11.7. The van der Waals surface area contributed by atoms with Crippen LogP contribution in [0.1, 0.15) is 12.6 Å². The molecule has 0 fully saturated rings. The van der Waals surface area contributed by atoms with E-state index >= 15 is 0 Å². The first kappa shape index (κ1) is 14.4. The van der Waals surface area contributed by atoms with Crippen molar-refractivity contribution in [3.05, 3.63) is 11.9 Å². The third-order valence-corrected chi connectivity index (χ3v) is 1.93. The first-order valence-electron chi connectivity index (χ1n) is 5.66. The maximum Gasteiger partial charge on any atom is 0.183 e. The molecule has 1 heterocycles. The zero-order valence-corrected chi connectivity index (χ0v) is 10.4. The van der Waals surface area contributed by atoms with Crippen LogP contribution < -0.4 is 5.73 Å². The van der Waals surface area contributed by atoms with Crippen LogP contribution in [0.3, 0.4) is 0 Å². The van der Waals surface area contributed by atoms with Gasteiger partial charge in [0.05, 0.1) is 38.3 Å². The highest BCUT2D eigenvalue weighted by Gasteiger charge is 2.01. The summed E-state index contributed by atoms with van der Waals surface area (Å²) in [4.78, 5) is 0. The van der Waals surface area contributed by atoms with E-state index in [1.807, 2.05) is 0 Å². The number of rotatable bonds is 9. The first-order chi connectivity index (χ1) is 8.83. The number of hydrogen-bond acceptors (Lipinski definition) is 6. The van der Waals surface area contributed by atoms with Gasteiger partial charge in [-0.2, -0.15) is 15.4 Å². The van der Waals surface area contributed by atoms with Crippen LogP contribution in [0.5, 0.6) is 0 Å². The summed E-state index contributed by atoms with van der Waals surface area (Å²) >= 11 is 0. The summed E-state index contributed by atoms with van der Waals surface area (Å²) < 4.78 is 15.5. The van der Waals surface area contributed by atoms with Gasteiger partial charge in [-0.15, -0.1) is 0 Å². The molecule has 0 spiro atoms. The van der Waals surface area contributed by atoms with Crippen molar-refractivity contribution in [1.82, 2.24) is 15.4 Å². The molecule has 1 unspecified atom stereocenters. The number of H-pyrrole nitrogens is 1. The van der Waals surface area contributed by atoms with Crippen molar-refractivity contribution in [3.63, 3.8) is 0 Å². The van der Waals surface area contributed by atoms with Crippen molar-refractivity contribution in [2.75, 3.05) is 26.4 Å². The van der Waals surface area contributed by atoms with Crippen LogP contribution in [0, 0.1) is 12.0 Å². The molecule has 0 amide bonds. The minimum Gasteiger partial charge on any atom is -0.425 e. The number of aromatic nitrogens is 3. The molecule has 0 aliphatic heterocycles. The Morgan fingerprint density at radius 3 is 2.94 bits per heavy atom. The summed E-state index contributed by atoms with van der Waals surface area (Å²) in [5.74, 6) is 2.58. The summed E-state index contributed by atoms with van der Waals surface area (Å²) in [6.45, 7) is 3.52. The first-order valence-corrected chi connectivity index (χ1v) is 5.66. The molecule has 100 valence electrons. The molecule has 0 saturated heterocycles. The van der Waals surface area contributed by atoms with E-state index in [9.17, 15) is 0 Å². The lowest BCUT2D eigenvalue weighted by Crippen LogP contribution is -2.28. The quantitative estimate of drug-likeness (QED) is 0.356. The Kier molecular flexibility index (Phi) is 7.55. The number of nitrogens with zero attached hydrogens (tertiary/aromatic N) is 2.